The number of carbonyl (C=O) groups excluding carboxylic acids is 1. The van der Waals surface area contributed by atoms with E-state index in [9.17, 15) is 9.18 Å². The number of hydrogen-bond acceptors (Lipinski definition) is 4. The lowest BCUT2D eigenvalue weighted by Crippen LogP contribution is -2.56. The van der Waals surface area contributed by atoms with E-state index in [1.54, 1.807) is 12.1 Å². The average molecular weight is 394 g/mol. The monoisotopic (exact) mass is 394 g/mol. The standard InChI is InChI=1S/C23H27FN4O/c1-14-26-21(15-4-6-18(24)7-5-15)11-22(27-14)20-13-28-9-8-17(20)10-19(28)12-25-23(29)16-2-3-16/h4-7,11,16-17,19-20H,2-3,8-10,12-13H2,1H3,(H,25,29)/t17-,19+,20-/m0/s1. The summed E-state index contributed by atoms with van der Waals surface area (Å²) in [6, 6.07) is 9.01. The lowest BCUT2D eigenvalue weighted by molar-refractivity contribution is -0.122. The number of aryl methyl sites for hydroxylation is 1. The van der Waals surface area contributed by atoms with E-state index in [-0.39, 0.29) is 17.6 Å². The second kappa shape index (κ2) is 7.48. The summed E-state index contributed by atoms with van der Waals surface area (Å²) in [5.41, 5.74) is 2.87. The Morgan fingerprint density at radius 1 is 1.21 bits per heavy atom. The Morgan fingerprint density at radius 2 is 2.00 bits per heavy atom. The summed E-state index contributed by atoms with van der Waals surface area (Å²) >= 11 is 0. The topological polar surface area (TPSA) is 58.1 Å². The summed E-state index contributed by atoms with van der Waals surface area (Å²) in [5, 5.41) is 3.16. The second-order valence-corrected chi connectivity index (χ2v) is 8.79. The number of benzene rings is 1. The normalized spacial score (nSPS) is 28.3. The van der Waals surface area contributed by atoms with Crippen LogP contribution in [0.15, 0.2) is 30.3 Å². The minimum absolute atomic E-state index is 0.236. The van der Waals surface area contributed by atoms with Crippen LogP contribution in [-0.2, 0) is 4.79 Å². The van der Waals surface area contributed by atoms with Gasteiger partial charge in [0.1, 0.15) is 11.6 Å². The number of fused-ring (bicyclic) bond motifs is 3. The largest absolute Gasteiger partial charge is 0.354 e. The highest BCUT2D eigenvalue weighted by Crippen LogP contribution is 2.41. The van der Waals surface area contributed by atoms with Gasteiger partial charge in [0, 0.05) is 42.2 Å². The Balaban J connectivity index is 1.32. The van der Waals surface area contributed by atoms with Gasteiger partial charge in [-0.25, -0.2) is 14.4 Å². The molecule has 152 valence electrons. The molecule has 4 heterocycles. The SMILES string of the molecule is Cc1nc(-c2ccc(F)cc2)cc([C@H]2CN3CC[C@H]2C[C@@H]3CNC(=O)C2CC2)n1. The van der Waals surface area contributed by atoms with Crippen molar-refractivity contribution in [2.45, 2.75) is 44.6 Å². The molecule has 1 aromatic heterocycles. The van der Waals surface area contributed by atoms with Crippen molar-refractivity contribution in [1.82, 2.24) is 20.2 Å². The maximum absolute atomic E-state index is 13.3. The van der Waals surface area contributed by atoms with Crippen LogP contribution in [0.3, 0.4) is 0 Å². The number of carbonyl (C=O) groups is 1. The Labute approximate surface area is 170 Å². The van der Waals surface area contributed by atoms with Crippen molar-refractivity contribution in [3.63, 3.8) is 0 Å². The van der Waals surface area contributed by atoms with Crippen LogP contribution in [0.4, 0.5) is 4.39 Å². The maximum atomic E-state index is 13.3. The van der Waals surface area contributed by atoms with Crippen LogP contribution < -0.4 is 5.32 Å². The zero-order chi connectivity index (χ0) is 20.0. The van der Waals surface area contributed by atoms with Gasteiger partial charge in [0.25, 0.3) is 0 Å². The minimum Gasteiger partial charge on any atom is -0.354 e. The van der Waals surface area contributed by atoms with Crippen LogP contribution in [0.25, 0.3) is 11.3 Å². The number of rotatable bonds is 5. The molecule has 1 aliphatic carbocycles. The number of nitrogens with one attached hydrogen (secondary N) is 1. The third kappa shape index (κ3) is 3.90. The Hall–Kier alpha value is -2.34. The van der Waals surface area contributed by atoms with Crippen molar-refractivity contribution in [2.75, 3.05) is 19.6 Å². The van der Waals surface area contributed by atoms with Crippen LogP contribution >= 0.6 is 0 Å². The highest BCUT2D eigenvalue weighted by Gasteiger charge is 2.42. The van der Waals surface area contributed by atoms with E-state index in [0.717, 1.165) is 61.7 Å². The zero-order valence-electron chi connectivity index (χ0n) is 16.8. The second-order valence-electron chi connectivity index (χ2n) is 8.79. The number of amides is 1. The highest BCUT2D eigenvalue weighted by atomic mass is 19.1. The summed E-state index contributed by atoms with van der Waals surface area (Å²) in [7, 11) is 0. The van der Waals surface area contributed by atoms with E-state index in [2.05, 4.69) is 21.3 Å². The molecule has 0 radical (unpaired) electrons. The van der Waals surface area contributed by atoms with Gasteiger partial charge >= 0.3 is 0 Å². The number of halogens is 1. The first-order valence-electron chi connectivity index (χ1n) is 10.7. The predicted octanol–water partition coefficient (Wildman–Crippen LogP) is 3.30. The molecule has 0 spiro atoms. The van der Waals surface area contributed by atoms with Gasteiger partial charge in [-0.15, -0.1) is 0 Å². The molecular weight excluding hydrogens is 367 g/mol. The molecule has 1 N–H and O–H groups in total. The predicted molar refractivity (Wildman–Crippen MR) is 109 cm³/mol. The van der Waals surface area contributed by atoms with Gasteiger partial charge in [0.2, 0.25) is 5.91 Å². The van der Waals surface area contributed by atoms with Crippen LogP contribution in [-0.4, -0.2) is 46.5 Å². The van der Waals surface area contributed by atoms with Crippen LogP contribution in [0, 0.1) is 24.6 Å². The molecule has 4 fully saturated rings. The first-order chi connectivity index (χ1) is 14.1. The minimum atomic E-state index is -0.239. The van der Waals surface area contributed by atoms with E-state index in [1.807, 2.05) is 6.92 Å². The van der Waals surface area contributed by atoms with Crippen LogP contribution in [0.5, 0.6) is 0 Å². The summed E-state index contributed by atoms with van der Waals surface area (Å²) in [6.07, 6.45) is 4.37. The fourth-order valence-electron chi connectivity index (χ4n) is 4.94. The lowest BCUT2D eigenvalue weighted by atomic mass is 9.74. The number of hydrogen-bond donors (Lipinski definition) is 1. The van der Waals surface area contributed by atoms with E-state index in [4.69, 9.17) is 4.98 Å². The van der Waals surface area contributed by atoms with E-state index in [0.29, 0.717) is 17.9 Å². The molecule has 1 aromatic carbocycles. The van der Waals surface area contributed by atoms with E-state index < -0.39 is 0 Å². The summed E-state index contributed by atoms with van der Waals surface area (Å²) in [5.74, 6) is 1.99. The first kappa shape index (κ1) is 18.7. The molecule has 1 unspecified atom stereocenters. The molecule has 4 aliphatic rings. The molecule has 3 aliphatic heterocycles. The molecule has 3 saturated heterocycles. The maximum Gasteiger partial charge on any atom is 0.223 e. The van der Waals surface area contributed by atoms with Crippen LogP contribution in [0.1, 0.15) is 43.1 Å². The fourth-order valence-corrected chi connectivity index (χ4v) is 4.94. The summed E-state index contributed by atoms with van der Waals surface area (Å²) < 4.78 is 13.3. The molecule has 2 bridgehead atoms. The molecule has 1 amide bonds. The smallest absolute Gasteiger partial charge is 0.223 e. The summed E-state index contributed by atoms with van der Waals surface area (Å²) in [4.78, 5) is 23.9. The molecule has 6 rings (SSSR count). The molecule has 6 heteroatoms. The Morgan fingerprint density at radius 3 is 2.69 bits per heavy atom. The number of aromatic nitrogens is 2. The van der Waals surface area contributed by atoms with Crippen molar-refractivity contribution in [1.29, 1.82) is 0 Å². The lowest BCUT2D eigenvalue weighted by Gasteiger charge is -2.49. The quantitative estimate of drug-likeness (QED) is 0.845. The molecular formula is C23H27FN4O. The number of piperidine rings is 3. The van der Waals surface area contributed by atoms with Crippen molar-refractivity contribution in [3.8, 4) is 11.3 Å². The Kier molecular flexibility index (Phi) is 4.82. The van der Waals surface area contributed by atoms with Crippen molar-refractivity contribution in [3.05, 3.63) is 47.7 Å². The first-order valence-corrected chi connectivity index (χ1v) is 10.7. The van der Waals surface area contributed by atoms with Gasteiger partial charge < -0.3 is 5.32 Å². The van der Waals surface area contributed by atoms with Gasteiger partial charge in [-0.1, -0.05) is 0 Å². The molecule has 5 nitrogen and oxygen atoms in total. The highest BCUT2D eigenvalue weighted by molar-refractivity contribution is 5.80. The van der Waals surface area contributed by atoms with Gasteiger partial charge in [-0.2, -0.15) is 0 Å². The van der Waals surface area contributed by atoms with Crippen molar-refractivity contribution >= 4 is 5.91 Å². The summed E-state index contributed by atoms with van der Waals surface area (Å²) in [6.45, 7) is 4.77. The van der Waals surface area contributed by atoms with Gasteiger partial charge in [0.05, 0.1) is 5.69 Å². The number of nitrogens with zero attached hydrogens (tertiary/aromatic N) is 3. The average Bonchev–Trinajstić information content (AvgIpc) is 3.58. The van der Waals surface area contributed by atoms with Gasteiger partial charge in [-0.05, 0) is 75.4 Å². The van der Waals surface area contributed by atoms with Crippen LogP contribution in [0.2, 0.25) is 0 Å². The van der Waals surface area contributed by atoms with Gasteiger partial charge in [0.15, 0.2) is 0 Å². The molecule has 4 atom stereocenters. The molecule has 2 aromatic rings. The fraction of sp³-hybridized carbons (Fsp3) is 0.522. The van der Waals surface area contributed by atoms with E-state index >= 15 is 0 Å². The third-order valence-electron chi connectivity index (χ3n) is 6.72. The van der Waals surface area contributed by atoms with E-state index in [1.165, 1.54) is 18.6 Å². The van der Waals surface area contributed by atoms with Crippen molar-refractivity contribution in [2.24, 2.45) is 11.8 Å². The Bertz CT molecular complexity index is 912. The molecule has 1 saturated carbocycles. The zero-order valence-corrected chi connectivity index (χ0v) is 16.8. The van der Waals surface area contributed by atoms with Gasteiger partial charge in [-0.3, -0.25) is 9.69 Å². The third-order valence-corrected chi connectivity index (χ3v) is 6.72. The van der Waals surface area contributed by atoms with Crippen molar-refractivity contribution < 1.29 is 9.18 Å². The molecule has 29 heavy (non-hydrogen) atoms.